The second-order valence-electron chi connectivity index (χ2n) is 3.29. The van der Waals surface area contributed by atoms with Crippen LogP contribution in [0.5, 0.6) is 0 Å². The predicted molar refractivity (Wildman–Crippen MR) is 59.4 cm³/mol. The average molecular weight is 201 g/mol. The Balaban J connectivity index is 2.69. The highest BCUT2D eigenvalue weighted by atomic mass is 16.1. The zero-order valence-corrected chi connectivity index (χ0v) is 8.32. The highest BCUT2D eigenvalue weighted by Gasteiger charge is 2.08. The number of aromatic amines is 1. The molecule has 4 heteroatoms. The molecule has 0 aliphatic heterocycles. The quantitative estimate of drug-likeness (QED) is 0.731. The second-order valence-corrected chi connectivity index (χ2v) is 3.29. The first-order valence-electron chi connectivity index (χ1n) is 4.60. The van der Waals surface area contributed by atoms with Crippen molar-refractivity contribution < 1.29 is 0 Å². The molecule has 0 bridgehead atoms. The predicted octanol–water partition coefficient (Wildman–Crippen LogP) is 1.33. The lowest BCUT2D eigenvalue weighted by Gasteiger charge is -2.07. The van der Waals surface area contributed by atoms with E-state index in [1.165, 1.54) is 0 Å². The first-order valence-corrected chi connectivity index (χ1v) is 4.60. The van der Waals surface area contributed by atoms with Crippen LogP contribution in [0.3, 0.4) is 0 Å². The van der Waals surface area contributed by atoms with E-state index in [-0.39, 0.29) is 5.82 Å². The zero-order valence-electron chi connectivity index (χ0n) is 8.32. The molecule has 0 spiro atoms. The molecule has 3 N–H and O–H groups in total. The Kier molecular flexibility index (Phi) is 2.25. The van der Waals surface area contributed by atoms with Gasteiger partial charge in [0.25, 0.3) is 0 Å². The van der Waals surface area contributed by atoms with E-state index in [1.807, 2.05) is 37.3 Å². The van der Waals surface area contributed by atoms with E-state index >= 15 is 0 Å². The number of hydrogen-bond acceptors (Lipinski definition) is 3. The molecule has 0 aliphatic carbocycles. The minimum atomic E-state index is -0.412. The van der Waals surface area contributed by atoms with Crippen LogP contribution in [-0.2, 0) is 0 Å². The van der Waals surface area contributed by atoms with Crippen LogP contribution in [-0.4, -0.2) is 9.97 Å². The highest BCUT2D eigenvalue weighted by molar-refractivity contribution is 5.75. The molecule has 0 atom stereocenters. The molecule has 1 heterocycles. The number of nitrogen functional groups attached to an aromatic ring is 1. The van der Waals surface area contributed by atoms with Crippen LogP contribution >= 0.6 is 0 Å². The van der Waals surface area contributed by atoms with Gasteiger partial charge in [0.2, 0.25) is 0 Å². The topological polar surface area (TPSA) is 71.8 Å². The first-order chi connectivity index (χ1) is 7.18. The molecule has 0 amide bonds. The van der Waals surface area contributed by atoms with E-state index in [1.54, 1.807) is 0 Å². The molecule has 0 aliphatic rings. The zero-order chi connectivity index (χ0) is 10.8. The largest absolute Gasteiger partial charge is 0.383 e. The minimum Gasteiger partial charge on any atom is -0.383 e. The van der Waals surface area contributed by atoms with Crippen LogP contribution in [0.15, 0.2) is 35.1 Å². The van der Waals surface area contributed by atoms with Crippen LogP contribution in [0.2, 0.25) is 0 Å². The number of rotatable bonds is 1. The molecule has 1 aromatic heterocycles. The minimum absolute atomic E-state index is 0.266. The number of nitrogens with zero attached hydrogens (tertiary/aromatic N) is 1. The molecule has 0 saturated heterocycles. The number of anilines is 1. The molecule has 76 valence electrons. The van der Waals surface area contributed by atoms with Crippen molar-refractivity contribution in [3.63, 3.8) is 0 Å². The SMILES string of the molecule is Cc1[nH]c(=O)nc(N)c1-c1ccccc1. The summed E-state index contributed by atoms with van der Waals surface area (Å²) >= 11 is 0. The molecule has 0 saturated carbocycles. The normalized spacial score (nSPS) is 10.2. The van der Waals surface area contributed by atoms with Gasteiger partial charge < -0.3 is 10.7 Å². The second kappa shape index (κ2) is 3.57. The monoisotopic (exact) mass is 201 g/mol. The summed E-state index contributed by atoms with van der Waals surface area (Å²) in [6, 6.07) is 9.62. The maximum absolute atomic E-state index is 11.0. The van der Waals surface area contributed by atoms with E-state index in [9.17, 15) is 4.79 Å². The maximum atomic E-state index is 11.0. The molecule has 0 fully saturated rings. The molecule has 2 rings (SSSR count). The third kappa shape index (κ3) is 1.74. The van der Waals surface area contributed by atoms with Crippen molar-refractivity contribution in [2.45, 2.75) is 6.92 Å². The summed E-state index contributed by atoms with van der Waals surface area (Å²) in [5.74, 6) is 0.266. The Bertz CT molecular complexity index is 505. The van der Waals surface area contributed by atoms with Crippen molar-refractivity contribution in [2.24, 2.45) is 0 Å². The van der Waals surface area contributed by atoms with Gasteiger partial charge in [-0.1, -0.05) is 30.3 Å². The van der Waals surface area contributed by atoms with Gasteiger partial charge in [-0.3, -0.25) is 0 Å². The molecule has 15 heavy (non-hydrogen) atoms. The first kappa shape index (κ1) is 9.45. The molecule has 4 nitrogen and oxygen atoms in total. The van der Waals surface area contributed by atoms with Crippen molar-refractivity contribution in [3.8, 4) is 11.1 Å². The van der Waals surface area contributed by atoms with Crippen LogP contribution in [0.4, 0.5) is 5.82 Å². The Morgan fingerprint density at radius 1 is 1.27 bits per heavy atom. The van der Waals surface area contributed by atoms with Gasteiger partial charge >= 0.3 is 5.69 Å². The standard InChI is InChI=1S/C11H11N3O/c1-7-9(8-5-3-2-4-6-8)10(12)14-11(15)13-7/h2-6H,1H3,(H3,12,13,14,15). The molecular weight excluding hydrogens is 190 g/mol. The number of benzene rings is 1. The van der Waals surface area contributed by atoms with Gasteiger partial charge in [-0.05, 0) is 12.5 Å². The summed E-state index contributed by atoms with van der Waals surface area (Å²) in [4.78, 5) is 17.4. The number of nitrogens with two attached hydrogens (primary N) is 1. The van der Waals surface area contributed by atoms with E-state index in [2.05, 4.69) is 9.97 Å². The Hall–Kier alpha value is -2.10. The van der Waals surface area contributed by atoms with Crippen molar-refractivity contribution in [3.05, 3.63) is 46.5 Å². The van der Waals surface area contributed by atoms with Gasteiger partial charge in [0.15, 0.2) is 0 Å². The van der Waals surface area contributed by atoms with E-state index < -0.39 is 5.69 Å². The fraction of sp³-hybridized carbons (Fsp3) is 0.0909. The van der Waals surface area contributed by atoms with Gasteiger partial charge in [-0.25, -0.2) is 4.79 Å². The molecule has 0 unspecified atom stereocenters. The van der Waals surface area contributed by atoms with Crippen LogP contribution < -0.4 is 11.4 Å². The summed E-state index contributed by atoms with van der Waals surface area (Å²) in [6.45, 7) is 1.81. The lowest BCUT2D eigenvalue weighted by atomic mass is 10.1. The fourth-order valence-corrected chi connectivity index (χ4v) is 1.58. The van der Waals surface area contributed by atoms with Gasteiger partial charge in [0, 0.05) is 11.3 Å². The Morgan fingerprint density at radius 3 is 2.53 bits per heavy atom. The van der Waals surface area contributed by atoms with Gasteiger partial charge in [-0.15, -0.1) is 0 Å². The summed E-state index contributed by atoms with van der Waals surface area (Å²) in [6.07, 6.45) is 0. The number of hydrogen-bond donors (Lipinski definition) is 2. The van der Waals surface area contributed by atoms with E-state index in [0.717, 1.165) is 16.8 Å². The Morgan fingerprint density at radius 2 is 1.93 bits per heavy atom. The number of aromatic nitrogens is 2. The van der Waals surface area contributed by atoms with Crippen molar-refractivity contribution in [1.29, 1.82) is 0 Å². The lowest BCUT2D eigenvalue weighted by Crippen LogP contribution is -2.15. The van der Waals surface area contributed by atoms with Crippen molar-refractivity contribution >= 4 is 5.82 Å². The Labute approximate surface area is 86.8 Å². The van der Waals surface area contributed by atoms with Crippen LogP contribution in [0.1, 0.15) is 5.69 Å². The van der Waals surface area contributed by atoms with Crippen LogP contribution in [0, 0.1) is 6.92 Å². The van der Waals surface area contributed by atoms with E-state index in [0.29, 0.717) is 0 Å². The third-order valence-corrected chi connectivity index (χ3v) is 2.21. The molecule has 0 radical (unpaired) electrons. The average Bonchev–Trinajstić information content (AvgIpc) is 2.17. The fourth-order valence-electron chi connectivity index (χ4n) is 1.58. The summed E-state index contributed by atoms with van der Waals surface area (Å²) < 4.78 is 0. The summed E-state index contributed by atoms with van der Waals surface area (Å²) in [5.41, 5.74) is 7.79. The highest BCUT2D eigenvalue weighted by Crippen LogP contribution is 2.24. The van der Waals surface area contributed by atoms with Crippen molar-refractivity contribution in [1.82, 2.24) is 9.97 Å². The van der Waals surface area contributed by atoms with Crippen molar-refractivity contribution in [2.75, 3.05) is 5.73 Å². The summed E-state index contributed by atoms with van der Waals surface area (Å²) in [5, 5.41) is 0. The van der Waals surface area contributed by atoms with Gasteiger partial charge in [0.1, 0.15) is 5.82 Å². The lowest BCUT2D eigenvalue weighted by molar-refractivity contribution is 1.04. The van der Waals surface area contributed by atoms with Gasteiger partial charge in [-0.2, -0.15) is 4.98 Å². The number of nitrogens with one attached hydrogen (secondary N) is 1. The van der Waals surface area contributed by atoms with Crippen LogP contribution in [0.25, 0.3) is 11.1 Å². The van der Waals surface area contributed by atoms with Gasteiger partial charge in [0.05, 0.1) is 0 Å². The molecular formula is C11H11N3O. The summed E-state index contributed by atoms with van der Waals surface area (Å²) in [7, 11) is 0. The third-order valence-electron chi connectivity index (χ3n) is 2.21. The van der Waals surface area contributed by atoms with E-state index in [4.69, 9.17) is 5.73 Å². The smallest absolute Gasteiger partial charge is 0.347 e. The molecule has 2 aromatic rings. The number of aryl methyl sites for hydroxylation is 1. The number of H-pyrrole nitrogens is 1. The maximum Gasteiger partial charge on any atom is 0.347 e. The molecule has 1 aromatic carbocycles.